The Morgan fingerprint density at radius 1 is 1.45 bits per heavy atom. The Hall–Kier alpha value is -2.58. The van der Waals surface area contributed by atoms with Gasteiger partial charge >= 0.3 is 5.69 Å². The van der Waals surface area contributed by atoms with E-state index in [2.05, 4.69) is 20.5 Å². The highest BCUT2D eigenvalue weighted by Gasteiger charge is 2.11. The van der Waals surface area contributed by atoms with Crippen molar-refractivity contribution in [3.8, 4) is 0 Å². The number of H-pyrrole nitrogens is 1. The number of rotatable bonds is 5. The summed E-state index contributed by atoms with van der Waals surface area (Å²) in [5.74, 6) is 0.926. The summed E-state index contributed by atoms with van der Waals surface area (Å²) in [4.78, 5) is 25.5. The van der Waals surface area contributed by atoms with Crippen molar-refractivity contribution in [2.45, 2.75) is 19.9 Å². The fraction of sp³-hybridized carbons (Fsp3) is 0.455. The van der Waals surface area contributed by atoms with Gasteiger partial charge in [-0.05, 0) is 6.92 Å². The highest BCUT2D eigenvalue weighted by atomic mass is 16.2. The molecule has 2 aromatic rings. The Balaban J connectivity index is 2.16. The number of nitrogens with two attached hydrogens (primary N) is 1. The van der Waals surface area contributed by atoms with Gasteiger partial charge in [0.2, 0.25) is 0 Å². The number of hydrogen-bond donors (Lipinski definition) is 3. The van der Waals surface area contributed by atoms with Crippen molar-refractivity contribution in [1.82, 2.24) is 24.3 Å². The number of nitrogen functional groups attached to an aromatic ring is 1. The zero-order valence-corrected chi connectivity index (χ0v) is 11.4. The molecular weight excluding hydrogens is 262 g/mol. The van der Waals surface area contributed by atoms with Crippen LogP contribution in [0.4, 0.5) is 11.5 Å². The largest absolute Gasteiger partial charge is 0.383 e. The molecule has 0 atom stereocenters. The minimum atomic E-state index is -0.518. The van der Waals surface area contributed by atoms with E-state index in [0.29, 0.717) is 19.5 Å². The maximum absolute atomic E-state index is 11.7. The van der Waals surface area contributed by atoms with Crippen molar-refractivity contribution < 1.29 is 0 Å². The molecule has 0 unspecified atom stereocenters. The predicted octanol–water partition coefficient (Wildman–Crippen LogP) is -1.08. The number of aryl methyl sites for hydroxylation is 1. The highest BCUT2D eigenvalue weighted by molar-refractivity contribution is 5.60. The fourth-order valence-corrected chi connectivity index (χ4v) is 1.91. The first-order chi connectivity index (χ1) is 9.54. The molecule has 0 radical (unpaired) electrons. The summed E-state index contributed by atoms with van der Waals surface area (Å²) in [6.45, 7) is 2.63. The minimum Gasteiger partial charge on any atom is -0.383 e. The Morgan fingerprint density at radius 2 is 2.20 bits per heavy atom. The quantitative estimate of drug-likeness (QED) is 0.639. The summed E-state index contributed by atoms with van der Waals surface area (Å²) in [7, 11) is 1.84. The zero-order chi connectivity index (χ0) is 14.7. The van der Waals surface area contributed by atoms with Crippen LogP contribution in [0.5, 0.6) is 0 Å². The van der Waals surface area contributed by atoms with Crippen molar-refractivity contribution >= 4 is 11.5 Å². The number of nitrogens with one attached hydrogen (secondary N) is 2. The topological polar surface area (TPSA) is 124 Å². The normalized spacial score (nSPS) is 10.7. The van der Waals surface area contributed by atoms with Crippen molar-refractivity contribution in [2.24, 2.45) is 7.05 Å². The lowest BCUT2D eigenvalue weighted by atomic mass is 10.3. The molecule has 9 nitrogen and oxygen atoms in total. The summed E-state index contributed by atoms with van der Waals surface area (Å²) in [5, 5.41) is 10.6. The maximum atomic E-state index is 11.7. The van der Waals surface area contributed by atoms with Crippen LogP contribution in [0.1, 0.15) is 12.7 Å². The zero-order valence-electron chi connectivity index (χ0n) is 11.4. The standard InChI is InChI=1S/C11H17N7O2/c1-3-18-9(12)8(10(19)15-11(18)20)13-5-4-7-16-14-6-17(7)2/h6,13H,3-5,12H2,1-2H3,(H,15,19,20). The van der Waals surface area contributed by atoms with E-state index in [1.54, 1.807) is 17.8 Å². The Morgan fingerprint density at radius 3 is 2.80 bits per heavy atom. The molecule has 0 aliphatic carbocycles. The van der Waals surface area contributed by atoms with Gasteiger partial charge in [-0.15, -0.1) is 10.2 Å². The van der Waals surface area contributed by atoms with Crippen LogP contribution < -0.4 is 22.3 Å². The van der Waals surface area contributed by atoms with Crippen LogP contribution in [0.3, 0.4) is 0 Å². The molecule has 2 rings (SSSR count). The van der Waals surface area contributed by atoms with Gasteiger partial charge in [0, 0.05) is 26.6 Å². The minimum absolute atomic E-state index is 0.138. The second-order valence-corrected chi connectivity index (χ2v) is 4.30. The third kappa shape index (κ3) is 2.56. The molecule has 2 heterocycles. The number of anilines is 2. The second kappa shape index (κ2) is 5.59. The number of aromatic amines is 1. The Kier molecular flexibility index (Phi) is 3.87. The molecule has 108 valence electrons. The van der Waals surface area contributed by atoms with Gasteiger partial charge in [0.1, 0.15) is 23.7 Å². The number of nitrogens with zero attached hydrogens (tertiary/aromatic N) is 4. The van der Waals surface area contributed by atoms with Crippen LogP contribution >= 0.6 is 0 Å². The molecule has 0 fully saturated rings. The van der Waals surface area contributed by atoms with Crippen LogP contribution in [-0.4, -0.2) is 30.9 Å². The molecule has 0 aliphatic heterocycles. The SMILES string of the molecule is CCn1c(N)c(NCCc2nncn2C)c(=O)[nH]c1=O. The molecule has 20 heavy (non-hydrogen) atoms. The van der Waals surface area contributed by atoms with Crippen molar-refractivity contribution in [2.75, 3.05) is 17.6 Å². The summed E-state index contributed by atoms with van der Waals surface area (Å²) in [6.07, 6.45) is 2.19. The lowest BCUT2D eigenvalue weighted by Crippen LogP contribution is -2.34. The van der Waals surface area contributed by atoms with Crippen LogP contribution in [0.15, 0.2) is 15.9 Å². The van der Waals surface area contributed by atoms with Crippen molar-refractivity contribution in [1.29, 1.82) is 0 Å². The monoisotopic (exact) mass is 279 g/mol. The van der Waals surface area contributed by atoms with Crippen LogP contribution in [0.2, 0.25) is 0 Å². The van der Waals surface area contributed by atoms with E-state index in [4.69, 9.17) is 5.73 Å². The molecule has 2 aromatic heterocycles. The molecule has 0 bridgehead atoms. The van der Waals surface area contributed by atoms with Crippen molar-refractivity contribution in [3.63, 3.8) is 0 Å². The van der Waals surface area contributed by atoms with Gasteiger partial charge in [-0.3, -0.25) is 14.3 Å². The molecule has 4 N–H and O–H groups in total. The average Bonchev–Trinajstić information content (AvgIpc) is 2.79. The van der Waals surface area contributed by atoms with Gasteiger partial charge in [0.25, 0.3) is 5.56 Å². The van der Waals surface area contributed by atoms with Gasteiger partial charge in [0.15, 0.2) is 0 Å². The third-order valence-electron chi connectivity index (χ3n) is 3.01. The van der Waals surface area contributed by atoms with E-state index in [1.165, 1.54) is 4.57 Å². The van der Waals surface area contributed by atoms with E-state index in [-0.39, 0.29) is 11.5 Å². The smallest absolute Gasteiger partial charge is 0.330 e. The van der Waals surface area contributed by atoms with E-state index in [0.717, 1.165) is 5.82 Å². The summed E-state index contributed by atoms with van der Waals surface area (Å²) < 4.78 is 3.09. The van der Waals surface area contributed by atoms with Crippen LogP contribution in [-0.2, 0) is 20.0 Å². The predicted molar refractivity (Wildman–Crippen MR) is 74.6 cm³/mol. The van der Waals surface area contributed by atoms with Crippen LogP contribution in [0, 0.1) is 0 Å². The molecule has 0 amide bonds. The lowest BCUT2D eigenvalue weighted by molar-refractivity contribution is 0.705. The average molecular weight is 279 g/mol. The van der Waals surface area contributed by atoms with E-state index < -0.39 is 11.2 Å². The summed E-state index contributed by atoms with van der Waals surface area (Å²) in [5.41, 5.74) is 5.01. The molecule has 0 aromatic carbocycles. The molecule has 0 saturated heterocycles. The maximum Gasteiger partial charge on any atom is 0.330 e. The molecular formula is C11H17N7O2. The lowest BCUT2D eigenvalue weighted by Gasteiger charge is -2.12. The van der Waals surface area contributed by atoms with Crippen molar-refractivity contribution in [3.05, 3.63) is 33.0 Å². The second-order valence-electron chi connectivity index (χ2n) is 4.30. The number of hydrogen-bond acceptors (Lipinski definition) is 6. The molecule has 9 heteroatoms. The van der Waals surface area contributed by atoms with Gasteiger partial charge in [-0.25, -0.2) is 4.79 Å². The van der Waals surface area contributed by atoms with E-state index in [1.807, 2.05) is 7.05 Å². The van der Waals surface area contributed by atoms with Crippen LogP contribution in [0.25, 0.3) is 0 Å². The Bertz CT molecular complexity index is 712. The van der Waals surface area contributed by atoms with Gasteiger partial charge in [-0.2, -0.15) is 0 Å². The first kappa shape index (κ1) is 13.8. The van der Waals surface area contributed by atoms with Gasteiger partial charge < -0.3 is 15.6 Å². The first-order valence-corrected chi connectivity index (χ1v) is 6.24. The summed E-state index contributed by atoms with van der Waals surface area (Å²) in [6, 6.07) is 0. The first-order valence-electron chi connectivity index (χ1n) is 6.24. The summed E-state index contributed by atoms with van der Waals surface area (Å²) >= 11 is 0. The van der Waals surface area contributed by atoms with Gasteiger partial charge in [-0.1, -0.05) is 0 Å². The van der Waals surface area contributed by atoms with E-state index >= 15 is 0 Å². The Labute approximate surface area is 114 Å². The molecule has 0 spiro atoms. The fourth-order valence-electron chi connectivity index (χ4n) is 1.91. The molecule has 0 aliphatic rings. The molecule has 0 saturated carbocycles. The van der Waals surface area contributed by atoms with Gasteiger partial charge in [0.05, 0.1) is 0 Å². The number of aromatic nitrogens is 5. The highest BCUT2D eigenvalue weighted by Crippen LogP contribution is 2.09. The van der Waals surface area contributed by atoms with E-state index in [9.17, 15) is 9.59 Å². The third-order valence-corrected chi connectivity index (χ3v) is 3.01.